The zero-order chi connectivity index (χ0) is 13.5. The third-order valence-electron chi connectivity index (χ3n) is 3.22. The summed E-state index contributed by atoms with van der Waals surface area (Å²) in [6.07, 6.45) is 3.26. The Morgan fingerprint density at radius 1 is 1.37 bits per heavy atom. The molecule has 104 valence electrons. The summed E-state index contributed by atoms with van der Waals surface area (Å²) >= 11 is 0. The molecule has 0 aliphatic carbocycles. The maximum atomic E-state index is 5.15. The van der Waals surface area contributed by atoms with E-state index in [2.05, 4.69) is 39.5 Å². The lowest BCUT2D eigenvalue weighted by Crippen LogP contribution is -2.30. The standard InChI is InChI=1S/C14H22N4O/c1-3-15-10-13-4-5-14(17-16-13)18-8-6-12(7-9-18)11-19-2/h4-6,15H,3,7-11H2,1-2H3. The van der Waals surface area contributed by atoms with Crippen LogP contribution in [0.1, 0.15) is 19.0 Å². The van der Waals surface area contributed by atoms with Crippen LogP contribution in [0.2, 0.25) is 0 Å². The SMILES string of the molecule is CCNCc1ccc(N2CC=C(COC)CC2)nn1. The lowest BCUT2D eigenvalue weighted by molar-refractivity contribution is 0.222. The molecular weight excluding hydrogens is 240 g/mol. The summed E-state index contributed by atoms with van der Waals surface area (Å²) in [7, 11) is 1.74. The largest absolute Gasteiger partial charge is 0.380 e. The fourth-order valence-electron chi connectivity index (χ4n) is 2.10. The Bertz CT molecular complexity index is 416. The minimum atomic E-state index is 0.737. The number of nitrogens with one attached hydrogen (secondary N) is 1. The molecule has 0 unspecified atom stereocenters. The van der Waals surface area contributed by atoms with Crippen molar-refractivity contribution in [2.75, 3.05) is 38.3 Å². The van der Waals surface area contributed by atoms with Crippen molar-refractivity contribution in [3.63, 3.8) is 0 Å². The normalized spacial score (nSPS) is 15.5. The number of hydrogen-bond acceptors (Lipinski definition) is 5. The van der Waals surface area contributed by atoms with Crippen molar-refractivity contribution >= 4 is 5.82 Å². The summed E-state index contributed by atoms with van der Waals surface area (Å²) in [5.74, 6) is 0.952. The summed E-state index contributed by atoms with van der Waals surface area (Å²) in [6, 6.07) is 4.09. The lowest BCUT2D eigenvalue weighted by Gasteiger charge is -2.26. The molecule has 0 atom stereocenters. The van der Waals surface area contributed by atoms with Gasteiger partial charge in [-0.1, -0.05) is 13.0 Å². The van der Waals surface area contributed by atoms with E-state index in [0.717, 1.165) is 50.7 Å². The van der Waals surface area contributed by atoms with Crippen LogP contribution in [0.15, 0.2) is 23.8 Å². The molecule has 0 spiro atoms. The van der Waals surface area contributed by atoms with E-state index in [-0.39, 0.29) is 0 Å². The number of methoxy groups -OCH3 is 1. The zero-order valence-electron chi connectivity index (χ0n) is 11.7. The van der Waals surface area contributed by atoms with Crippen molar-refractivity contribution in [1.29, 1.82) is 0 Å². The summed E-state index contributed by atoms with van der Waals surface area (Å²) in [5.41, 5.74) is 2.36. The topological polar surface area (TPSA) is 50.3 Å². The molecule has 0 amide bonds. The van der Waals surface area contributed by atoms with Crippen LogP contribution in [0.4, 0.5) is 5.82 Å². The summed E-state index contributed by atoms with van der Waals surface area (Å²) in [6.45, 7) is 6.42. The summed E-state index contributed by atoms with van der Waals surface area (Å²) < 4.78 is 5.15. The van der Waals surface area contributed by atoms with Gasteiger partial charge in [-0.15, -0.1) is 5.10 Å². The molecule has 0 bridgehead atoms. The van der Waals surface area contributed by atoms with Gasteiger partial charge in [0.25, 0.3) is 0 Å². The molecular formula is C14H22N4O. The smallest absolute Gasteiger partial charge is 0.151 e. The summed E-state index contributed by atoms with van der Waals surface area (Å²) in [5, 5.41) is 11.8. The number of aromatic nitrogens is 2. The monoisotopic (exact) mass is 262 g/mol. The molecule has 19 heavy (non-hydrogen) atoms. The van der Waals surface area contributed by atoms with Crippen LogP contribution >= 0.6 is 0 Å². The van der Waals surface area contributed by atoms with Crippen molar-refractivity contribution in [1.82, 2.24) is 15.5 Å². The van der Waals surface area contributed by atoms with E-state index in [1.165, 1.54) is 5.57 Å². The van der Waals surface area contributed by atoms with E-state index in [1.807, 2.05) is 6.07 Å². The van der Waals surface area contributed by atoms with Crippen molar-refractivity contribution in [2.45, 2.75) is 19.9 Å². The molecule has 0 radical (unpaired) electrons. The quantitative estimate of drug-likeness (QED) is 0.785. The third-order valence-corrected chi connectivity index (χ3v) is 3.22. The van der Waals surface area contributed by atoms with Crippen LogP contribution in [0.25, 0.3) is 0 Å². The Labute approximate surface area is 114 Å². The molecule has 2 rings (SSSR count). The number of hydrogen-bond donors (Lipinski definition) is 1. The fourth-order valence-corrected chi connectivity index (χ4v) is 2.10. The Morgan fingerprint density at radius 2 is 2.26 bits per heavy atom. The van der Waals surface area contributed by atoms with Gasteiger partial charge < -0.3 is 15.0 Å². The molecule has 1 aliphatic heterocycles. The predicted molar refractivity (Wildman–Crippen MR) is 76.2 cm³/mol. The molecule has 2 heterocycles. The van der Waals surface area contributed by atoms with Crippen molar-refractivity contribution in [2.24, 2.45) is 0 Å². The average Bonchev–Trinajstić information content (AvgIpc) is 2.47. The first-order valence-corrected chi connectivity index (χ1v) is 6.78. The second-order valence-corrected chi connectivity index (χ2v) is 4.65. The number of ether oxygens (including phenoxy) is 1. The van der Waals surface area contributed by atoms with E-state index < -0.39 is 0 Å². The highest BCUT2D eigenvalue weighted by Gasteiger charge is 2.13. The van der Waals surface area contributed by atoms with Gasteiger partial charge in [-0.3, -0.25) is 0 Å². The number of rotatable bonds is 6. The summed E-state index contributed by atoms with van der Waals surface area (Å²) in [4.78, 5) is 2.24. The Balaban J connectivity index is 1.92. The minimum Gasteiger partial charge on any atom is -0.380 e. The molecule has 0 saturated heterocycles. The van der Waals surface area contributed by atoms with Gasteiger partial charge in [-0.2, -0.15) is 5.10 Å². The van der Waals surface area contributed by atoms with Gasteiger partial charge in [0, 0.05) is 26.7 Å². The van der Waals surface area contributed by atoms with Crippen molar-refractivity contribution in [3.8, 4) is 0 Å². The highest BCUT2D eigenvalue weighted by atomic mass is 16.5. The van der Waals surface area contributed by atoms with Gasteiger partial charge >= 0.3 is 0 Å². The minimum absolute atomic E-state index is 0.737. The highest BCUT2D eigenvalue weighted by Crippen LogP contribution is 2.17. The Hall–Kier alpha value is -1.46. The molecule has 1 aromatic rings. The van der Waals surface area contributed by atoms with E-state index in [1.54, 1.807) is 7.11 Å². The predicted octanol–water partition coefficient (Wildman–Crippen LogP) is 1.37. The van der Waals surface area contributed by atoms with Crippen LogP contribution in [-0.4, -0.2) is 43.5 Å². The maximum Gasteiger partial charge on any atom is 0.151 e. The van der Waals surface area contributed by atoms with E-state index in [9.17, 15) is 0 Å². The maximum absolute atomic E-state index is 5.15. The lowest BCUT2D eigenvalue weighted by atomic mass is 10.1. The Kier molecular flexibility index (Phi) is 5.30. The highest BCUT2D eigenvalue weighted by molar-refractivity contribution is 5.40. The molecule has 0 fully saturated rings. The van der Waals surface area contributed by atoms with E-state index in [0.29, 0.717) is 0 Å². The molecule has 5 nitrogen and oxygen atoms in total. The van der Waals surface area contributed by atoms with E-state index >= 15 is 0 Å². The first kappa shape index (κ1) is 14.0. The fraction of sp³-hybridized carbons (Fsp3) is 0.571. The van der Waals surface area contributed by atoms with Crippen LogP contribution in [0.3, 0.4) is 0 Å². The molecule has 1 aromatic heterocycles. The van der Waals surface area contributed by atoms with Gasteiger partial charge in [-0.25, -0.2) is 0 Å². The number of anilines is 1. The molecule has 1 aliphatic rings. The number of nitrogens with zero attached hydrogens (tertiary/aromatic N) is 3. The van der Waals surface area contributed by atoms with Gasteiger partial charge in [0.15, 0.2) is 5.82 Å². The molecule has 1 N–H and O–H groups in total. The van der Waals surface area contributed by atoms with Gasteiger partial charge in [0.2, 0.25) is 0 Å². The second-order valence-electron chi connectivity index (χ2n) is 4.65. The third kappa shape index (κ3) is 4.01. The van der Waals surface area contributed by atoms with Crippen LogP contribution in [-0.2, 0) is 11.3 Å². The Morgan fingerprint density at radius 3 is 2.84 bits per heavy atom. The van der Waals surface area contributed by atoms with Gasteiger partial charge in [-0.05, 0) is 30.7 Å². The van der Waals surface area contributed by atoms with E-state index in [4.69, 9.17) is 4.74 Å². The van der Waals surface area contributed by atoms with Crippen molar-refractivity contribution in [3.05, 3.63) is 29.5 Å². The van der Waals surface area contributed by atoms with Crippen molar-refractivity contribution < 1.29 is 4.74 Å². The first-order valence-electron chi connectivity index (χ1n) is 6.78. The van der Waals surface area contributed by atoms with Crippen LogP contribution in [0.5, 0.6) is 0 Å². The first-order chi connectivity index (χ1) is 9.33. The van der Waals surface area contributed by atoms with Gasteiger partial charge in [0.1, 0.15) is 0 Å². The average molecular weight is 262 g/mol. The second kappa shape index (κ2) is 7.21. The van der Waals surface area contributed by atoms with Crippen LogP contribution < -0.4 is 10.2 Å². The van der Waals surface area contributed by atoms with Crippen LogP contribution in [0, 0.1) is 0 Å². The molecule has 5 heteroatoms. The molecule has 0 aromatic carbocycles. The zero-order valence-corrected chi connectivity index (χ0v) is 11.7. The van der Waals surface area contributed by atoms with Gasteiger partial charge in [0.05, 0.1) is 12.3 Å². The molecule has 0 saturated carbocycles.